The van der Waals surface area contributed by atoms with Crippen LogP contribution in [0.4, 0.5) is 11.5 Å². The van der Waals surface area contributed by atoms with Crippen molar-refractivity contribution in [3.8, 4) is 0 Å². The average Bonchev–Trinajstić information content (AvgIpc) is 3.23. The van der Waals surface area contributed by atoms with Gasteiger partial charge in [0.15, 0.2) is 5.69 Å². The van der Waals surface area contributed by atoms with E-state index in [-0.39, 0.29) is 5.91 Å². The molecule has 0 aliphatic carbocycles. The summed E-state index contributed by atoms with van der Waals surface area (Å²) in [7, 11) is 0. The highest BCUT2D eigenvalue weighted by atomic mass is 16.1. The Hall–Kier alpha value is -3.52. The van der Waals surface area contributed by atoms with Crippen molar-refractivity contribution in [3.05, 3.63) is 65.9 Å². The molecule has 3 N–H and O–H groups in total. The predicted molar refractivity (Wildman–Crippen MR) is 109 cm³/mol. The van der Waals surface area contributed by atoms with Gasteiger partial charge in [0.1, 0.15) is 5.82 Å². The molecule has 28 heavy (non-hydrogen) atoms. The zero-order valence-corrected chi connectivity index (χ0v) is 15.3. The lowest BCUT2D eigenvalue weighted by Gasteiger charge is -2.28. The molecule has 0 bridgehead atoms. The lowest BCUT2D eigenvalue weighted by Crippen LogP contribution is -2.43. The maximum absolute atomic E-state index is 12.6. The third-order valence-electron chi connectivity index (χ3n) is 4.47. The monoisotopic (exact) mass is 375 g/mol. The van der Waals surface area contributed by atoms with Crippen molar-refractivity contribution in [3.63, 3.8) is 0 Å². The smallest absolute Gasteiger partial charge is 0.276 e. The molecule has 0 saturated carbocycles. The molecule has 4 rings (SSSR count). The van der Waals surface area contributed by atoms with Crippen LogP contribution in [0.15, 0.2) is 49.1 Å². The summed E-state index contributed by atoms with van der Waals surface area (Å²) in [5.41, 5.74) is 2.61. The van der Waals surface area contributed by atoms with Gasteiger partial charge in [0.2, 0.25) is 0 Å². The summed E-state index contributed by atoms with van der Waals surface area (Å²) in [5, 5.41) is 13.0. The van der Waals surface area contributed by atoms with E-state index in [0.717, 1.165) is 37.6 Å². The number of carbonyl (C=O) groups is 1. The van der Waals surface area contributed by atoms with Crippen molar-refractivity contribution in [2.45, 2.75) is 0 Å². The van der Waals surface area contributed by atoms with Crippen LogP contribution in [0.1, 0.15) is 21.6 Å². The number of hydrogen-bond donors (Lipinski definition) is 3. The van der Waals surface area contributed by atoms with Crippen molar-refractivity contribution in [2.24, 2.45) is 0 Å². The fourth-order valence-electron chi connectivity index (χ4n) is 3.00. The van der Waals surface area contributed by atoms with Gasteiger partial charge < -0.3 is 15.5 Å². The molecule has 0 radical (unpaired) electrons. The third kappa shape index (κ3) is 4.24. The summed E-state index contributed by atoms with van der Waals surface area (Å²) < 4.78 is 0. The minimum Gasteiger partial charge on any atom is -0.354 e. The molecule has 1 saturated heterocycles. The highest BCUT2D eigenvalue weighted by molar-refractivity contribution is 6.05. The van der Waals surface area contributed by atoms with Crippen molar-refractivity contribution < 1.29 is 4.79 Å². The van der Waals surface area contributed by atoms with Crippen LogP contribution in [0.3, 0.4) is 0 Å². The SMILES string of the molecule is O=C(Nc1ccc(N2CCNCC2)nc1)c1n[nH]cc1/C=C/c1cccnc1. The highest BCUT2D eigenvalue weighted by Gasteiger charge is 2.15. The molecule has 4 heterocycles. The maximum atomic E-state index is 12.6. The molecule has 1 aliphatic rings. The number of piperazine rings is 1. The molecule has 0 aromatic carbocycles. The number of pyridine rings is 2. The van der Waals surface area contributed by atoms with Crippen LogP contribution in [0, 0.1) is 0 Å². The van der Waals surface area contributed by atoms with Crippen LogP contribution >= 0.6 is 0 Å². The van der Waals surface area contributed by atoms with Gasteiger partial charge in [0.05, 0.1) is 11.9 Å². The fourth-order valence-corrected chi connectivity index (χ4v) is 3.00. The first kappa shape index (κ1) is 17.9. The number of nitrogens with zero attached hydrogens (tertiary/aromatic N) is 4. The number of nitrogens with one attached hydrogen (secondary N) is 3. The molecule has 8 nitrogen and oxygen atoms in total. The Morgan fingerprint density at radius 1 is 1.14 bits per heavy atom. The van der Waals surface area contributed by atoms with Gasteiger partial charge in [0, 0.05) is 50.3 Å². The van der Waals surface area contributed by atoms with E-state index in [1.807, 2.05) is 36.4 Å². The predicted octanol–water partition coefficient (Wildman–Crippen LogP) is 2.03. The molecule has 0 atom stereocenters. The number of carbonyl (C=O) groups excluding carboxylic acids is 1. The molecule has 1 aliphatic heterocycles. The lowest BCUT2D eigenvalue weighted by molar-refractivity contribution is 0.102. The fraction of sp³-hybridized carbons (Fsp3) is 0.200. The molecule has 0 spiro atoms. The Balaban J connectivity index is 1.43. The quantitative estimate of drug-likeness (QED) is 0.631. The minimum absolute atomic E-state index is 0.288. The number of aromatic amines is 1. The van der Waals surface area contributed by atoms with Gasteiger partial charge in [0.25, 0.3) is 5.91 Å². The standard InChI is InChI=1S/C20H21N7O/c28-20(19-16(13-24-26-19)4-3-15-2-1-7-22-12-15)25-17-5-6-18(23-14-17)27-10-8-21-9-11-27/h1-7,12-14,21H,8-11H2,(H,24,26)(H,25,28)/b4-3+. The number of hydrogen-bond acceptors (Lipinski definition) is 6. The molecule has 3 aromatic rings. The molecule has 0 unspecified atom stereocenters. The van der Waals surface area contributed by atoms with Crippen LogP contribution in [0.25, 0.3) is 12.2 Å². The Morgan fingerprint density at radius 2 is 2.04 bits per heavy atom. The molecule has 8 heteroatoms. The summed E-state index contributed by atoms with van der Waals surface area (Å²) in [6.07, 6.45) is 10.6. The molecule has 3 aromatic heterocycles. The van der Waals surface area contributed by atoms with Gasteiger partial charge in [-0.1, -0.05) is 18.2 Å². The molecule has 1 fully saturated rings. The number of amides is 1. The van der Waals surface area contributed by atoms with Crippen LogP contribution in [0.2, 0.25) is 0 Å². The molecular formula is C20H21N7O. The third-order valence-corrected chi connectivity index (χ3v) is 4.47. The number of anilines is 2. The topological polar surface area (TPSA) is 98.8 Å². The first-order valence-corrected chi connectivity index (χ1v) is 9.14. The second-order valence-electron chi connectivity index (χ2n) is 6.41. The van der Waals surface area contributed by atoms with E-state index in [9.17, 15) is 4.79 Å². The van der Waals surface area contributed by atoms with E-state index in [1.54, 1.807) is 24.8 Å². The van der Waals surface area contributed by atoms with E-state index < -0.39 is 0 Å². The van der Waals surface area contributed by atoms with E-state index >= 15 is 0 Å². The lowest BCUT2D eigenvalue weighted by atomic mass is 10.2. The van der Waals surface area contributed by atoms with Crippen molar-refractivity contribution in [1.82, 2.24) is 25.5 Å². The summed E-state index contributed by atoms with van der Waals surface area (Å²) >= 11 is 0. The van der Waals surface area contributed by atoms with E-state index in [0.29, 0.717) is 16.9 Å². The van der Waals surface area contributed by atoms with E-state index in [4.69, 9.17) is 0 Å². The van der Waals surface area contributed by atoms with Crippen LogP contribution < -0.4 is 15.5 Å². The highest BCUT2D eigenvalue weighted by Crippen LogP contribution is 2.17. The van der Waals surface area contributed by atoms with Gasteiger partial charge in [-0.05, 0) is 23.8 Å². The normalized spacial score (nSPS) is 14.4. The van der Waals surface area contributed by atoms with Crippen LogP contribution in [-0.4, -0.2) is 52.3 Å². The van der Waals surface area contributed by atoms with Gasteiger partial charge in [-0.15, -0.1) is 0 Å². The summed E-state index contributed by atoms with van der Waals surface area (Å²) in [6.45, 7) is 3.76. The number of rotatable bonds is 5. The Morgan fingerprint density at radius 3 is 2.79 bits per heavy atom. The van der Waals surface area contributed by atoms with E-state index in [1.165, 1.54) is 0 Å². The second-order valence-corrected chi connectivity index (χ2v) is 6.41. The van der Waals surface area contributed by atoms with Crippen LogP contribution in [0.5, 0.6) is 0 Å². The molecular weight excluding hydrogens is 354 g/mol. The minimum atomic E-state index is -0.288. The van der Waals surface area contributed by atoms with Crippen molar-refractivity contribution in [2.75, 3.05) is 36.4 Å². The average molecular weight is 375 g/mol. The largest absolute Gasteiger partial charge is 0.354 e. The molecule has 1 amide bonds. The van der Waals surface area contributed by atoms with Crippen molar-refractivity contribution >= 4 is 29.6 Å². The zero-order valence-electron chi connectivity index (χ0n) is 15.3. The van der Waals surface area contributed by atoms with E-state index in [2.05, 4.69) is 35.7 Å². The summed E-state index contributed by atoms with van der Waals surface area (Å²) in [5.74, 6) is 0.628. The number of H-pyrrole nitrogens is 1. The molecule has 142 valence electrons. The van der Waals surface area contributed by atoms with Gasteiger partial charge in [-0.3, -0.25) is 14.9 Å². The van der Waals surface area contributed by atoms with Crippen molar-refractivity contribution in [1.29, 1.82) is 0 Å². The maximum Gasteiger partial charge on any atom is 0.276 e. The summed E-state index contributed by atoms with van der Waals surface area (Å²) in [6, 6.07) is 7.59. The number of aromatic nitrogens is 4. The van der Waals surface area contributed by atoms with Gasteiger partial charge >= 0.3 is 0 Å². The van der Waals surface area contributed by atoms with Crippen LogP contribution in [-0.2, 0) is 0 Å². The Bertz CT molecular complexity index is 944. The van der Waals surface area contributed by atoms with Gasteiger partial charge in [-0.25, -0.2) is 4.98 Å². The summed E-state index contributed by atoms with van der Waals surface area (Å²) in [4.78, 5) is 23.4. The van der Waals surface area contributed by atoms with Gasteiger partial charge in [-0.2, -0.15) is 5.10 Å². The Labute approximate surface area is 162 Å². The first-order valence-electron chi connectivity index (χ1n) is 9.14. The second kappa shape index (κ2) is 8.45. The first-order chi connectivity index (χ1) is 13.8. The zero-order chi connectivity index (χ0) is 19.2. The Kier molecular flexibility index (Phi) is 5.39.